The molecule has 0 unspecified atom stereocenters. The maximum atomic E-state index is 9.47. The Balaban J connectivity index is 1.98. The molecule has 0 aliphatic rings. The van der Waals surface area contributed by atoms with Crippen LogP contribution in [0.15, 0.2) is 71.7 Å². The summed E-state index contributed by atoms with van der Waals surface area (Å²) in [5.41, 5.74) is 3.14. The molecule has 0 aliphatic heterocycles. The van der Waals surface area contributed by atoms with Gasteiger partial charge in [-0.05, 0) is 41.1 Å². The van der Waals surface area contributed by atoms with Gasteiger partial charge in [0.25, 0.3) is 0 Å². The molecule has 0 amide bonds. The van der Waals surface area contributed by atoms with Gasteiger partial charge in [0.15, 0.2) is 0 Å². The Morgan fingerprint density at radius 1 is 0.913 bits per heavy atom. The first-order valence-electron chi connectivity index (χ1n) is 7.43. The third-order valence-electron chi connectivity index (χ3n) is 3.74. The number of fused-ring (bicyclic) bond motifs is 1. The standard InChI is InChI=1S/C20H17N3/c1-23(2)19-11-9-18(10-12-19)22-20(14-21)17-8-7-15-5-3-4-6-16(15)13-17/h3-13H,1-2H3. The van der Waals surface area contributed by atoms with Crippen LogP contribution in [0.4, 0.5) is 11.4 Å². The van der Waals surface area contributed by atoms with Gasteiger partial charge >= 0.3 is 0 Å². The highest BCUT2D eigenvalue weighted by Crippen LogP contribution is 2.21. The second kappa shape index (κ2) is 6.33. The van der Waals surface area contributed by atoms with Gasteiger partial charge < -0.3 is 4.90 Å². The second-order valence-corrected chi connectivity index (χ2v) is 5.54. The van der Waals surface area contributed by atoms with E-state index in [9.17, 15) is 5.26 Å². The van der Waals surface area contributed by atoms with E-state index in [-0.39, 0.29) is 0 Å². The molecule has 23 heavy (non-hydrogen) atoms. The Morgan fingerprint density at radius 3 is 2.26 bits per heavy atom. The number of rotatable bonds is 3. The molecule has 0 fully saturated rings. The van der Waals surface area contributed by atoms with Crippen LogP contribution < -0.4 is 4.90 Å². The maximum absolute atomic E-state index is 9.47. The fourth-order valence-corrected chi connectivity index (χ4v) is 2.45. The lowest BCUT2D eigenvalue weighted by molar-refractivity contribution is 1.13. The first-order valence-corrected chi connectivity index (χ1v) is 7.43. The number of hydrogen-bond donors (Lipinski definition) is 0. The summed E-state index contributed by atoms with van der Waals surface area (Å²) in [6.07, 6.45) is 0. The summed E-state index contributed by atoms with van der Waals surface area (Å²) in [6, 6.07) is 24.1. The van der Waals surface area contributed by atoms with E-state index in [1.165, 1.54) is 0 Å². The summed E-state index contributed by atoms with van der Waals surface area (Å²) >= 11 is 0. The van der Waals surface area contributed by atoms with E-state index in [2.05, 4.69) is 17.1 Å². The highest BCUT2D eigenvalue weighted by Gasteiger charge is 2.05. The molecule has 0 aliphatic carbocycles. The van der Waals surface area contributed by atoms with Crippen LogP contribution in [0.2, 0.25) is 0 Å². The minimum Gasteiger partial charge on any atom is -0.378 e. The van der Waals surface area contributed by atoms with Gasteiger partial charge in [0.05, 0.1) is 5.69 Å². The molecule has 0 aromatic heterocycles. The SMILES string of the molecule is CN(C)c1ccc(N=C(C#N)c2ccc3ccccc3c2)cc1. The average Bonchev–Trinajstić information content (AvgIpc) is 2.59. The van der Waals surface area contributed by atoms with Gasteiger partial charge in [-0.2, -0.15) is 5.26 Å². The normalized spacial score (nSPS) is 11.3. The van der Waals surface area contributed by atoms with E-state index in [0.29, 0.717) is 5.71 Å². The molecule has 3 nitrogen and oxygen atoms in total. The molecule has 0 heterocycles. The zero-order valence-electron chi connectivity index (χ0n) is 13.2. The lowest BCUT2D eigenvalue weighted by Gasteiger charge is -2.11. The van der Waals surface area contributed by atoms with Crippen LogP contribution in [0.25, 0.3) is 10.8 Å². The molecular formula is C20H17N3. The molecular weight excluding hydrogens is 282 g/mol. The summed E-state index contributed by atoms with van der Waals surface area (Å²) in [7, 11) is 3.99. The largest absolute Gasteiger partial charge is 0.378 e. The summed E-state index contributed by atoms with van der Waals surface area (Å²) in [5.74, 6) is 0. The van der Waals surface area contributed by atoms with Crippen molar-refractivity contribution in [2.75, 3.05) is 19.0 Å². The Bertz CT molecular complexity index is 900. The summed E-state index contributed by atoms with van der Waals surface area (Å²) in [4.78, 5) is 6.52. The first kappa shape index (κ1) is 14.8. The van der Waals surface area contributed by atoms with Crippen molar-refractivity contribution in [1.82, 2.24) is 0 Å². The van der Waals surface area contributed by atoms with Crippen LogP contribution in [-0.4, -0.2) is 19.8 Å². The Kier molecular flexibility index (Phi) is 4.07. The Hall–Kier alpha value is -3.12. The Labute approximate surface area is 136 Å². The number of hydrogen-bond acceptors (Lipinski definition) is 3. The molecule has 0 atom stereocenters. The van der Waals surface area contributed by atoms with Crippen LogP contribution in [0, 0.1) is 11.3 Å². The fourth-order valence-electron chi connectivity index (χ4n) is 2.45. The lowest BCUT2D eigenvalue weighted by atomic mass is 10.0. The molecule has 0 bridgehead atoms. The number of nitriles is 1. The average molecular weight is 299 g/mol. The number of aliphatic imine (C=N–C) groups is 1. The van der Waals surface area contributed by atoms with Crippen LogP contribution in [-0.2, 0) is 0 Å². The molecule has 0 radical (unpaired) electrons. The number of anilines is 1. The molecule has 112 valence electrons. The van der Waals surface area contributed by atoms with Crippen molar-refractivity contribution < 1.29 is 0 Å². The molecule has 0 spiro atoms. The predicted molar refractivity (Wildman–Crippen MR) is 96.5 cm³/mol. The van der Waals surface area contributed by atoms with Crippen LogP contribution in [0.3, 0.4) is 0 Å². The molecule has 3 heteroatoms. The van der Waals surface area contributed by atoms with Crippen molar-refractivity contribution in [3.05, 3.63) is 72.3 Å². The minimum atomic E-state index is 0.424. The molecule has 3 aromatic carbocycles. The maximum Gasteiger partial charge on any atom is 0.148 e. The van der Waals surface area contributed by atoms with Crippen molar-refractivity contribution in [2.24, 2.45) is 4.99 Å². The molecule has 0 saturated heterocycles. The van der Waals surface area contributed by atoms with Gasteiger partial charge in [-0.1, -0.05) is 36.4 Å². The van der Waals surface area contributed by atoms with Crippen molar-refractivity contribution in [3.63, 3.8) is 0 Å². The van der Waals surface area contributed by atoms with Gasteiger partial charge in [-0.25, -0.2) is 4.99 Å². The monoisotopic (exact) mass is 299 g/mol. The van der Waals surface area contributed by atoms with Gasteiger partial charge in [0.1, 0.15) is 11.8 Å². The summed E-state index contributed by atoms with van der Waals surface area (Å²) < 4.78 is 0. The van der Waals surface area contributed by atoms with Gasteiger partial charge in [-0.15, -0.1) is 0 Å². The van der Waals surface area contributed by atoms with Crippen LogP contribution >= 0.6 is 0 Å². The number of nitrogens with zero attached hydrogens (tertiary/aromatic N) is 3. The van der Waals surface area contributed by atoms with Crippen molar-refractivity contribution in [2.45, 2.75) is 0 Å². The quantitative estimate of drug-likeness (QED) is 0.665. The topological polar surface area (TPSA) is 39.4 Å². The third kappa shape index (κ3) is 3.22. The van der Waals surface area contributed by atoms with Gasteiger partial charge in [0.2, 0.25) is 0 Å². The minimum absolute atomic E-state index is 0.424. The lowest BCUT2D eigenvalue weighted by Crippen LogP contribution is -2.07. The molecule has 3 rings (SSSR count). The Morgan fingerprint density at radius 2 is 1.61 bits per heavy atom. The van der Waals surface area contributed by atoms with E-state index in [1.54, 1.807) is 0 Å². The van der Waals surface area contributed by atoms with Crippen molar-refractivity contribution in [1.29, 1.82) is 5.26 Å². The first-order chi connectivity index (χ1) is 11.2. The van der Waals surface area contributed by atoms with Crippen LogP contribution in [0.5, 0.6) is 0 Å². The third-order valence-corrected chi connectivity index (χ3v) is 3.74. The summed E-state index contributed by atoms with van der Waals surface area (Å²) in [5, 5.41) is 11.7. The van der Waals surface area contributed by atoms with Crippen molar-refractivity contribution >= 4 is 27.9 Å². The van der Waals surface area contributed by atoms with Crippen LogP contribution in [0.1, 0.15) is 5.56 Å². The van der Waals surface area contributed by atoms with E-state index in [0.717, 1.165) is 27.7 Å². The number of benzene rings is 3. The molecule has 0 N–H and O–H groups in total. The van der Waals surface area contributed by atoms with E-state index in [1.807, 2.05) is 79.7 Å². The van der Waals surface area contributed by atoms with E-state index in [4.69, 9.17) is 0 Å². The highest BCUT2D eigenvalue weighted by molar-refractivity contribution is 6.14. The fraction of sp³-hybridized carbons (Fsp3) is 0.100. The van der Waals surface area contributed by atoms with Gasteiger partial charge in [0, 0.05) is 25.3 Å². The smallest absolute Gasteiger partial charge is 0.148 e. The zero-order chi connectivity index (χ0) is 16.2. The highest BCUT2D eigenvalue weighted by atomic mass is 15.1. The molecule has 3 aromatic rings. The predicted octanol–water partition coefficient (Wildman–Crippen LogP) is 4.55. The van der Waals surface area contributed by atoms with Gasteiger partial charge in [-0.3, -0.25) is 0 Å². The molecule has 0 saturated carbocycles. The van der Waals surface area contributed by atoms with E-state index < -0.39 is 0 Å². The second-order valence-electron chi connectivity index (χ2n) is 5.54. The summed E-state index contributed by atoms with van der Waals surface area (Å²) in [6.45, 7) is 0. The zero-order valence-corrected chi connectivity index (χ0v) is 13.2. The van der Waals surface area contributed by atoms with Crippen molar-refractivity contribution in [3.8, 4) is 6.07 Å². The van der Waals surface area contributed by atoms with E-state index >= 15 is 0 Å².